The van der Waals surface area contributed by atoms with Gasteiger partial charge in [0, 0.05) is 0 Å². The molecule has 2 amide bonds. The second-order valence-electron chi connectivity index (χ2n) is 5.39. The number of carbonyl (C=O) groups excluding carboxylic acids is 2. The first-order valence-electron chi connectivity index (χ1n) is 6.79. The van der Waals surface area contributed by atoms with Crippen molar-refractivity contribution in [2.24, 2.45) is 17.4 Å². The zero-order valence-electron chi connectivity index (χ0n) is 12.0. The fourth-order valence-electron chi connectivity index (χ4n) is 1.96. The summed E-state index contributed by atoms with van der Waals surface area (Å²) in [5.41, 5.74) is 12.1. The number of nitrogens with two attached hydrogens (primary N) is 2. The lowest BCUT2D eigenvalue weighted by atomic mass is 10.0. The number of amides is 2. The Morgan fingerprint density at radius 3 is 2.30 bits per heavy atom. The average Bonchev–Trinajstić information content (AvgIpc) is 2.38. The number of primary amides is 1. The summed E-state index contributed by atoms with van der Waals surface area (Å²) in [6, 6.07) is 8.16. The molecule has 5 N–H and O–H groups in total. The van der Waals surface area contributed by atoms with Gasteiger partial charge >= 0.3 is 0 Å². The highest BCUT2D eigenvalue weighted by Gasteiger charge is 2.22. The topological polar surface area (TPSA) is 98.2 Å². The predicted octanol–water partition coefficient (Wildman–Crippen LogP) is 0.573. The molecule has 1 aromatic rings. The van der Waals surface area contributed by atoms with Gasteiger partial charge in [0.05, 0.1) is 6.04 Å². The summed E-state index contributed by atoms with van der Waals surface area (Å²) in [5, 5.41) is 2.63. The van der Waals surface area contributed by atoms with E-state index in [0.717, 1.165) is 5.56 Å². The highest BCUT2D eigenvalue weighted by molar-refractivity contribution is 5.89. The molecule has 0 aliphatic heterocycles. The summed E-state index contributed by atoms with van der Waals surface area (Å²) in [6.07, 6.45) is 0.943. The van der Waals surface area contributed by atoms with Crippen molar-refractivity contribution in [3.05, 3.63) is 35.9 Å². The Balaban J connectivity index is 2.57. The lowest BCUT2D eigenvalue weighted by Crippen LogP contribution is -2.51. The maximum atomic E-state index is 12.0. The molecule has 0 heterocycles. The lowest BCUT2D eigenvalue weighted by Gasteiger charge is -2.20. The van der Waals surface area contributed by atoms with Crippen molar-refractivity contribution >= 4 is 11.8 Å². The minimum atomic E-state index is -0.689. The summed E-state index contributed by atoms with van der Waals surface area (Å²) < 4.78 is 0. The first-order valence-corrected chi connectivity index (χ1v) is 6.79. The molecular weight excluding hydrogens is 254 g/mol. The molecule has 1 aromatic carbocycles. The van der Waals surface area contributed by atoms with E-state index in [0.29, 0.717) is 12.8 Å². The average molecular weight is 277 g/mol. The monoisotopic (exact) mass is 277 g/mol. The number of carbonyl (C=O) groups is 2. The summed E-state index contributed by atoms with van der Waals surface area (Å²) >= 11 is 0. The fourth-order valence-corrected chi connectivity index (χ4v) is 1.96. The first kappa shape index (κ1) is 16.2. The Hall–Kier alpha value is -1.88. The number of hydrogen-bond acceptors (Lipinski definition) is 3. The van der Waals surface area contributed by atoms with Crippen LogP contribution in [0.3, 0.4) is 0 Å². The molecule has 5 nitrogen and oxygen atoms in total. The summed E-state index contributed by atoms with van der Waals surface area (Å²) in [4.78, 5) is 23.3. The van der Waals surface area contributed by atoms with E-state index < -0.39 is 18.0 Å². The lowest BCUT2D eigenvalue weighted by molar-refractivity contribution is -0.128. The third kappa shape index (κ3) is 5.40. The van der Waals surface area contributed by atoms with E-state index in [9.17, 15) is 9.59 Å². The molecule has 0 fully saturated rings. The molecule has 1 rings (SSSR count). The van der Waals surface area contributed by atoms with Gasteiger partial charge in [0.1, 0.15) is 6.04 Å². The van der Waals surface area contributed by atoms with Gasteiger partial charge in [-0.15, -0.1) is 0 Å². The van der Waals surface area contributed by atoms with E-state index in [1.54, 1.807) is 0 Å². The van der Waals surface area contributed by atoms with E-state index in [4.69, 9.17) is 11.5 Å². The molecule has 0 aromatic heterocycles. The van der Waals surface area contributed by atoms with Gasteiger partial charge in [0.2, 0.25) is 11.8 Å². The van der Waals surface area contributed by atoms with E-state index in [2.05, 4.69) is 5.32 Å². The van der Waals surface area contributed by atoms with Crippen molar-refractivity contribution in [2.45, 2.75) is 38.8 Å². The quantitative estimate of drug-likeness (QED) is 0.679. The molecule has 20 heavy (non-hydrogen) atoms. The van der Waals surface area contributed by atoms with Gasteiger partial charge in [0.25, 0.3) is 0 Å². The minimum absolute atomic E-state index is 0.262. The van der Waals surface area contributed by atoms with Crippen LogP contribution in [0.5, 0.6) is 0 Å². The summed E-state index contributed by atoms with van der Waals surface area (Å²) in [7, 11) is 0. The molecule has 0 aliphatic carbocycles. The van der Waals surface area contributed by atoms with Gasteiger partial charge in [0.15, 0.2) is 0 Å². The second-order valence-corrected chi connectivity index (χ2v) is 5.39. The molecule has 0 unspecified atom stereocenters. The van der Waals surface area contributed by atoms with Crippen molar-refractivity contribution in [1.82, 2.24) is 5.32 Å². The normalized spacial score (nSPS) is 13.8. The summed E-state index contributed by atoms with van der Waals surface area (Å²) in [6.45, 7) is 3.93. The van der Waals surface area contributed by atoms with Crippen molar-refractivity contribution < 1.29 is 9.59 Å². The van der Waals surface area contributed by atoms with Gasteiger partial charge < -0.3 is 16.8 Å². The van der Waals surface area contributed by atoms with Crippen LogP contribution in [0.4, 0.5) is 0 Å². The Morgan fingerprint density at radius 2 is 1.80 bits per heavy atom. The van der Waals surface area contributed by atoms with Crippen LogP contribution in [0, 0.1) is 5.92 Å². The molecule has 0 aliphatic rings. The predicted molar refractivity (Wildman–Crippen MR) is 78.7 cm³/mol. The third-order valence-corrected chi connectivity index (χ3v) is 3.00. The zero-order chi connectivity index (χ0) is 15.1. The van der Waals surface area contributed by atoms with Crippen LogP contribution in [0.25, 0.3) is 0 Å². The molecular formula is C15H23N3O2. The molecule has 0 radical (unpaired) electrons. The minimum Gasteiger partial charge on any atom is -0.368 e. The molecule has 0 saturated heterocycles. The van der Waals surface area contributed by atoms with Gasteiger partial charge in [-0.1, -0.05) is 44.2 Å². The van der Waals surface area contributed by atoms with Crippen LogP contribution in [0.15, 0.2) is 30.3 Å². The van der Waals surface area contributed by atoms with Crippen LogP contribution in [-0.2, 0) is 16.0 Å². The van der Waals surface area contributed by atoms with Crippen LogP contribution >= 0.6 is 0 Å². The number of rotatable bonds is 7. The van der Waals surface area contributed by atoms with E-state index in [1.807, 2.05) is 44.2 Å². The maximum Gasteiger partial charge on any atom is 0.240 e. The molecule has 110 valence electrons. The molecule has 5 heteroatoms. The van der Waals surface area contributed by atoms with Crippen molar-refractivity contribution in [3.8, 4) is 0 Å². The highest BCUT2D eigenvalue weighted by atomic mass is 16.2. The number of benzene rings is 1. The number of nitrogens with one attached hydrogen (secondary N) is 1. The van der Waals surface area contributed by atoms with Gasteiger partial charge in [-0.05, 0) is 24.3 Å². The molecule has 0 saturated carbocycles. The van der Waals surface area contributed by atoms with E-state index >= 15 is 0 Å². The van der Waals surface area contributed by atoms with E-state index in [-0.39, 0.29) is 11.8 Å². The van der Waals surface area contributed by atoms with Crippen molar-refractivity contribution in [1.29, 1.82) is 0 Å². The van der Waals surface area contributed by atoms with Gasteiger partial charge in [-0.2, -0.15) is 0 Å². The van der Waals surface area contributed by atoms with Gasteiger partial charge in [-0.25, -0.2) is 0 Å². The Kier molecular flexibility index (Phi) is 6.18. The molecule has 2 atom stereocenters. The summed E-state index contributed by atoms with van der Waals surface area (Å²) in [5.74, 6) is -0.615. The van der Waals surface area contributed by atoms with Crippen molar-refractivity contribution in [2.75, 3.05) is 0 Å². The Labute approximate surface area is 119 Å². The number of hydrogen-bond donors (Lipinski definition) is 3. The standard InChI is InChI=1S/C15H23N3O2/c1-10(2)8-13(14(17)19)18-15(20)12(16)9-11-6-4-3-5-7-11/h3-7,10,12-13H,8-9,16H2,1-2H3,(H2,17,19)(H,18,20)/t12-,13+/m0/s1. The fraction of sp³-hybridized carbons (Fsp3) is 0.467. The van der Waals surface area contributed by atoms with Crippen LogP contribution in [0.1, 0.15) is 25.8 Å². The van der Waals surface area contributed by atoms with Crippen LogP contribution < -0.4 is 16.8 Å². The zero-order valence-corrected chi connectivity index (χ0v) is 12.0. The molecule has 0 spiro atoms. The third-order valence-electron chi connectivity index (χ3n) is 3.00. The molecule has 0 bridgehead atoms. The maximum absolute atomic E-state index is 12.0. The van der Waals surface area contributed by atoms with Crippen molar-refractivity contribution in [3.63, 3.8) is 0 Å². The van der Waals surface area contributed by atoms with Crippen LogP contribution in [-0.4, -0.2) is 23.9 Å². The Morgan fingerprint density at radius 1 is 1.20 bits per heavy atom. The first-order chi connectivity index (χ1) is 9.40. The second kappa shape index (κ2) is 7.65. The Bertz CT molecular complexity index is 446. The smallest absolute Gasteiger partial charge is 0.240 e. The van der Waals surface area contributed by atoms with Gasteiger partial charge in [-0.3, -0.25) is 9.59 Å². The SMILES string of the molecule is CC(C)C[C@@H](NC(=O)[C@@H](N)Cc1ccccc1)C(N)=O. The highest BCUT2D eigenvalue weighted by Crippen LogP contribution is 2.06. The largest absolute Gasteiger partial charge is 0.368 e. The van der Waals surface area contributed by atoms with Crippen LogP contribution in [0.2, 0.25) is 0 Å². The van der Waals surface area contributed by atoms with E-state index in [1.165, 1.54) is 0 Å².